The number of anilines is 2. The van der Waals surface area contributed by atoms with Gasteiger partial charge in [-0.05, 0) is 37.1 Å². The Morgan fingerprint density at radius 3 is 2.44 bits per heavy atom. The van der Waals surface area contributed by atoms with E-state index in [1.54, 1.807) is 7.11 Å². The summed E-state index contributed by atoms with van der Waals surface area (Å²) in [6.45, 7) is 5.28. The van der Waals surface area contributed by atoms with Crippen molar-refractivity contribution in [3.63, 3.8) is 0 Å². The van der Waals surface area contributed by atoms with Crippen LogP contribution in [0.1, 0.15) is 39.6 Å². The number of pyridine rings is 1. The highest BCUT2D eigenvalue weighted by molar-refractivity contribution is 5.99. The van der Waals surface area contributed by atoms with Crippen molar-refractivity contribution in [2.75, 3.05) is 43.1 Å². The van der Waals surface area contributed by atoms with Crippen molar-refractivity contribution >= 4 is 17.5 Å². The SMILES string of the molecule is COc1ccccc1[C@H]1CC(=O)c2c(C)nc(N3CCN(c4ccccn4)CC3)nc2C1. The zero-order valence-electron chi connectivity index (χ0n) is 18.5. The Bertz CT molecular complexity index is 1130. The van der Waals surface area contributed by atoms with E-state index in [-0.39, 0.29) is 11.7 Å². The Morgan fingerprint density at radius 2 is 1.69 bits per heavy atom. The molecular weight excluding hydrogens is 402 g/mol. The molecule has 1 fully saturated rings. The highest BCUT2D eigenvalue weighted by Crippen LogP contribution is 2.37. The second-order valence-electron chi connectivity index (χ2n) is 8.36. The molecular formula is C25H27N5O2. The van der Waals surface area contributed by atoms with Gasteiger partial charge in [-0.1, -0.05) is 24.3 Å². The van der Waals surface area contributed by atoms with E-state index in [1.165, 1.54) is 0 Å². The fourth-order valence-electron chi connectivity index (χ4n) is 4.80. The lowest BCUT2D eigenvalue weighted by atomic mass is 9.81. The molecule has 0 N–H and O–H groups in total. The Morgan fingerprint density at radius 1 is 0.938 bits per heavy atom. The number of ketones is 1. The molecule has 2 aromatic heterocycles. The number of hydrogen-bond donors (Lipinski definition) is 0. The van der Waals surface area contributed by atoms with Gasteiger partial charge < -0.3 is 14.5 Å². The number of Topliss-reactive ketones (excluding diaryl/α,β-unsaturated/α-hetero) is 1. The van der Waals surface area contributed by atoms with Gasteiger partial charge in [-0.3, -0.25) is 4.79 Å². The van der Waals surface area contributed by atoms with Gasteiger partial charge in [-0.2, -0.15) is 0 Å². The smallest absolute Gasteiger partial charge is 0.225 e. The Labute approximate surface area is 188 Å². The number of rotatable bonds is 4. The summed E-state index contributed by atoms with van der Waals surface area (Å²) in [5.74, 6) is 2.72. The zero-order valence-corrected chi connectivity index (χ0v) is 18.5. The van der Waals surface area contributed by atoms with E-state index >= 15 is 0 Å². The molecule has 0 amide bonds. The predicted molar refractivity (Wildman–Crippen MR) is 124 cm³/mol. The van der Waals surface area contributed by atoms with E-state index < -0.39 is 0 Å². The van der Waals surface area contributed by atoms with Crippen LogP contribution in [0.2, 0.25) is 0 Å². The maximum absolute atomic E-state index is 13.0. The van der Waals surface area contributed by atoms with E-state index in [2.05, 4.69) is 14.8 Å². The van der Waals surface area contributed by atoms with E-state index in [1.807, 2.05) is 55.6 Å². The summed E-state index contributed by atoms with van der Waals surface area (Å²) in [5.41, 5.74) is 3.40. The topological polar surface area (TPSA) is 71.5 Å². The van der Waals surface area contributed by atoms with Crippen molar-refractivity contribution in [2.45, 2.75) is 25.7 Å². The molecule has 32 heavy (non-hydrogen) atoms. The number of para-hydroxylation sites is 1. The first-order valence-corrected chi connectivity index (χ1v) is 11.1. The first kappa shape index (κ1) is 20.4. The molecule has 1 aromatic carbocycles. The molecule has 1 saturated heterocycles. The van der Waals surface area contributed by atoms with Crippen LogP contribution in [0.3, 0.4) is 0 Å². The molecule has 7 nitrogen and oxygen atoms in total. The quantitative estimate of drug-likeness (QED) is 0.629. The van der Waals surface area contributed by atoms with Crippen molar-refractivity contribution in [3.05, 3.63) is 71.2 Å². The van der Waals surface area contributed by atoms with Crippen molar-refractivity contribution in [1.29, 1.82) is 0 Å². The van der Waals surface area contributed by atoms with Crippen LogP contribution in [-0.4, -0.2) is 54.0 Å². The largest absolute Gasteiger partial charge is 0.496 e. The van der Waals surface area contributed by atoms with Crippen LogP contribution in [0.5, 0.6) is 5.75 Å². The Hall–Kier alpha value is -3.48. The van der Waals surface area contributed by atoms with Crippen LogP contribution in [0.25, 0.3) is 0 Å². The minimum Gasteiger partial charge on any atom is -0.496 e. The van der Waals surface area contributed by atoms with Crippen LogP contribution in [0.4, 0.5) is 11.8 Å². The molecule has 0 saturated carbocycles. The van der Waals surface area contributed by atoms with Crippen LogP contribution in [0, 0.1) is 6.92 Å². The Kier molecular flexibility index (Phi) is 5.47. The van der Waals surface area contributed by atoms with E-state index in [4.69, 9.17) is 14.7 Å². The third-order valence-corrected chi connectivity index (χ3v) is 6.42. The first-order chi connectivity index (χ1) is 15.6. The Balaban J connectivity index is 1.38. The highest BCUT2D eigenvalue weighted by atomic mass is 16.5. The second-order valence-corrected chi connectivity index (χ2v) is 8.36. The summed E-state index contributed by atoms with van der Waals surface area (Å²) in [6.07, 6.45) is 3.00. The maximum Gasteiger partial charge on any atom is 0.225 e. The standard InChI is InChI=1S/C25H27N5O2/c1-17-24-20(15-18(16-21(24)31)19-7-3-4-8-22(19)32-2)28-25(27-17)30-13-11-29(12-14-30)23-9-5-6-10-26-23/h3-10,18H,11-16H2,1-2H3/t18-/m1/s1. The van der Waals surface area contributed by atoms with E-state index in [0.29, 0.717) is 18.4 Å². The van der Waals surface area contributed by atoms with Gasteiger partial charge in [0.15, 0.2) is 5.78 Å². The lowest BCUT2D eigenvalue weighted by Gasteiger charge is -2.36. The van der Waals surface area contributed by atoms with Gasteiger partial charge in [-0.25, -0.2) is 15.0 Å². The molecule has 0 bridgehead atoms. The minimum atomic E-state index is 0.0642. The molecule has 0 spiro atoms. The monoisotopic (exact) mass is 429 g/mol. The summed E-state index contributed by atoms with van der Waals surface area (Å²) >= 11 is 0. The van der Waals surface area contributed by atoms with Crippen LogP contribution in [0.15, 0.2) is 48.7 Å². The average Bonchev–Trinajstić information content (AvgIpc) is 2.84. The molecule has 3 aromatic rings. The molecule has 1 aliphatic carbocycles. The molecule has 0 radical (unpaired) electrons. The number of nitrogens with zero attached hydrogens (tertiary/aromatic N) is 5. The van der Waals surface area contributed by atoms with Crippen LogP contribution in [-0.2, 0) is 6.42 Å². The van der Waals surface area contributed by atoms with Gasteiger partial charge in [-0.15, -0.1) is 0 Å². The van der Waals surface area contributed by atoms with Crippen molar-refractivity contribution in [2.24, 2.45) is 0 Å². The van der Waals surface area contributed by atoms with Gasteiger partial charge in [0.1, 0.15) is 11.6 Å². The van der Waals surface area contributed by atoms with Crippen LogP contribution >= 0.6 is 0 Å². The molecule has 0 unspecified atom stereocenters. The van der Waals surface area contributed by atoms with Gasteiger partial charge in [0.05, 0.1) is 24.1 Å². The molecule has 3 heterocycles. The van der Waals surface area contributed by atoms with Crippen molar-refractivity contribution < 1.29 is 9.53 Å². The molecule has 1 atom stereocenters. The summed E-state index contributed by atoms with van der Waals surface area (Å²) in [6, 6.07) is 13.9. The summed E-state index contributed by atoms with van der Waals surface area (Å²) in [5, 5.41) is 0. The number of carbonyl (C=O) groups is 1. The number of benzene rings is 1. The minimum absolute atomic E-state index is 0.0642. The fraction of sp³-hybridized carbons (Fsp3) is 0.360. The lowest BCUT2D eigenvalue weighted by Crippen LogP contribution is -2.47. The third kappa shape index (κ3) is 3.79. The normalized spacial score (nSPS) is 18.4. The average molecular weight is 430 g/mol. The predicted octanol–water partition coefficient (Wildman–Crippen LogP) is 3.43. The summed E-state index contributed by atoms with van der Waals surface area (Å²) < 4.78 is 5.55. The lowest BCUT2D eigenvalue weighted by molar-refractivity contribution is 0.0961. The molecule has 1 aliphatic heterocycles. The number of methoxy groups -OCH3 is 1. The van der Waals surface area contributed by atoms with Crippen LogP contribution < -0.4 is 14.5 Å². The third-order valence-electron chi connectivity index (χ3n) is 6.42. The van der Waals surface area contributed by atoms with E-state index in [9.17, 15) is 4.79 Å². The summed E-state index contributed by atoms with van der Waals surface area (Å²) in [7, 11) is 1.67. The molecule has 2 aliphatic rings. The number of aryl methyl sites for hydroxylation is 1. The van der Waals surface area contributed by atoms with Crippen molar-refractivity contribution in [1.82, 2.24) is 15.0 Å². The number of aromatic nitrogens is 3. The maximum atomic E-state index is 13.0. The number of fused-ring (bicyclic) bond motifs is 1. The highest BCUT2D eigenvalue weighted by Gasteiger charge is 2.32. The van der Waals surface area contributed by atoms with Gasteiger partial charge in [0.2, 0.25) is 5.95 Å². The zero-order chi connectivity index (χ0) is 22.1. The molecule has 164 valence electrons. The van der Waals surface area contributed by atoms with Gasteiger partial charge in [0.25, 0.3) is 0 Å². The fourth-order valence-corrected chi connectivity index (χ4v) is 4.80. The van der Waals surface area contributed by atoms with E-state index in [0.717, 1.165) is 60.6 Å². The number of hydrogen-bond acceptors (Lipinski definition) is 7. The molecule has 5 rings (SSSR count). The number of piperazine rings is 1. The number of carbonyl (C=O) groups excluding carboxylic acids is 1. The van der Waals surface area contributed by atoms with Gasteiger partial charge in [0, 0.05) is 44.7 Å². The van der Waals surface area contributed by atoms with Crippen molar-refractivity contribution in [3.8, 4) is 5.75 Å². The second kappa shape index (κ2) is 8.57. The van der Waals surface area contributed by atoms with Gasteiger partial charge >= 0.3 is 0 Å². The first-order valence-electron chi connectivity index (χ1n) is 11.1. The number of ether oxygens (including phenoxy) is 1. The molecule has 7 heteroatoms. The summed E-state index contributed by atoms with van der Waals surface area (Å²) in [4.78, 5) is 31.6.